The van der Waals surface area contributed by atoms with Crippen LogP contribution in [0, 0.1) is 5.92 Å². The first-order valence-electron chi connectivity index (χ1n) is 7.82. The van der Waals surface area contributed by atoms with Crippen LogP contribution in [0.15, 0.2) is 48.5 Å². The fourth-order valence-corrected chi connectivity index (χ4v) is 3.87. The molecule has 1 N–H and O–H groups in total. The van der Waals surface area contributed by atoms with Crippen LogP contribution >= 0.6 is 0 Å². The highest BCUT2D eigenvalue weighted by Crippen LogP contribution is 2.47. The van der Waals surface area contributed by atoms with Gasteiger partial charge >= 0.3 is 0 Å². The van der Waals surface area contributed by atoms with Gasteiger partial charge in [0.25, 0.3) is 0 Å². The van der Waals surface area contributed by atoms with Crippen molar-refractivity contribution in [3.8, 4) is 0 Å². The van der Waals surface area contributed by atoms with Crippen molar-refractivity contribution in [2.75, 3.05) is 5.32 Å². The van der Waals surface area contributed by atoms with Gasteiger partial charge in [0.1, 0.15) is 5.78 Å². The molecule has 1 aliphatic heterocycles. The van der Waals surface area contributed by atoms with E-state index >= 15 is 0 Å². The van der Waals surface area contributed by atoms with Crippen LogP contribution in [0.25, 0.3) is 0 Å². The number of anilines is 2. The maximum Gasteiger partial charge on any atom is 0.136 e. The van der Waals surface area contributed by atoms with Crippen LogP contribution in [0.2, 0.25) is 0 Å². The van der Waals surface area contributed by atoms with Crippen molar-refractivity contribution in [1.82, 2.24) is 0 Å². The highest BCUT2D eigenvalue weighted by molar-refractivity contribution is 5.85. The van der Waals surface area contributed by atoms with Crippen LogP contribution in [-0.4, -0.2) is 5.78 Å². The van der Waals surface area contributed by atoms with Crippen molar-refractivity contribution in [3.05, 3.63) is 59.7 Å². The summed E-state index contributed by atoms with van der Waals surface area (Å²) in [5.41, 5.74) is 4.85. The van der Waals surface area contributed by atoms with Crippen LogP contribution in [0.4, 0.5) is 11.4 Å². The Morgan fingerprint density at radius 2 is 1.48 bits per heavy atom. The fourth-order valence-electron chi connectivity index (χ4n) is 3.87. The third kappa shape index (κ3) is 2.06. The van der Waals surface area contributed by atoms with Crippen LogP contribution in [0.1, 0.15) is 42.7 Å². The molecule has 106 valence electrons. The van der Waals surface area contributed by atoms with E-state index < -0.39 is 0 Å². The second-order valence-corrected chi connectivity index (χ2v) is 6.10. The minimum atomic E-state index is 0.142. The average molecular weight is 277 g/mol. The Balaban J connectivity index is 1.87. The molecular formula is C19H19NO. The summed E-state index contributed by atoms with van der Waals surface area (Å²) in [6.07, 6.45) is 4.00. The lowest BCUT2D eigenvalue weighted by Crippen LogP contribution is -2.29. The van der Waals surface area contributed by atoms with Gasteiger partial charge < -0.3 is 5.32 Å². The van der Waals surface area contributed by atoms with Crippen molar-refractivity contribution in [2.24, 2.45) is 5.92 Å². The molecule has 0 radical (unpaired) electrons. The van der Waals surface area contributed by atoms with Gasteiger partial charge in [0.05, 0.1) is 0 Å². The Morgan fingerprint density at radius 1 is 0.857 bits per heavy atom. The van der Waals surface area contributed by atoms with E-state index in [9.17, 15) is 4.79 Å². The normalized spacial score (nSPS) is 21.3. The number of rotatable bonds is 1. The van der Waals surface area contributed by atoms with Crippen molar-refractivity contribution in [1.29, 1.82) is 0 Å². The van der Waals surface area contributed by atoms with Gasteiger partial charge in [-0.3, -0.25) is 4.79 Å². The van der Waals surface area contributed by atoms with Gasteiger partial charge in [0, 0.05) is 29.6 Å². The summed E-state index contributed by atoms with van der Waals surface area (Å²) in [4.78, 5) is 12.5. The minimum Gasteiger partial charge on any atom is -0.355 e. The molecule has 0 saturated heterocycles. The molecule has 1 atom stereocenters. The molecule has 2 aliphatic rings. The zero-order valence-corrected chi connectivity index (χ0v) is 12.0. The number of hydrogen-bond donors (Lipinski definition) is 1. The van der Waals surface area contributed by atoms with Crippen LogP contribution in [-0.2, 0) is 4.79 Å². The molecule has 1 fully saturated rings. The Kier molecular flexibility index (Phi) is 3.03. The summed E-state index contributed by atoms with van der Waals surface area (Å²) in [6.45, 7) is 0. The highest BCUT2D eigenvalue weighted by atomic mass is 16.1. The van der Waals surface area contributed by atoms with Gasteiger partial charge in [-0.2, -0.15) is 0 Å². The molecule has 21 heavy (non-hydrogen) atoms. The molecule has 2 aromatic rings. The molecule has 1 heterocycles. The number of fused-ring (bicyclic) bond motifs is 2. The van der Waals surface area contributed by atoms with Gasteiger partial charge in [-0.25, -0.2) is 0 Å². The molecule has 1 saturated carbocycles. The molecule has 4 rings (SSSR count). The molecule has 1 aliphatic carbocycles. The lowest BCUT2D eigenvalue weighted by Gasteiger charge is -2.35. The average Bonchev–Trinajstić information content (AvgIpc) is 2.53. The maximum absolute atomic E-state index is 12.5. The van der Waals surface area contributed by atoms with Gasteiger partial charge in [0.15, 0.2) is 0 Å². The Bertz CT molecular complexity index is 646. The second kappa shape index (κ2) is 5.03. The Labute approximate surface area is 125 Å². The van der Waals surface area contributed by atoms with E-state index in [4.69, 9.17) is 0 Å². The predicted octanol–water partition coefficient (Wildman–Crippen LogP) is 4.63. The number of hydrogen-bond acceptors (Lipinski definition) is 2. The van der Waals surface area contributed by atoms with Gasteiger partial charge in [-0.1, -0.05) is 42.8 Å². The lowest BCUT2D eigenvalue weighted by molar-refractivity contribution is -0.125. The number of benzene rings is 2. The largest absolute Gasteiger partial charge is 0.355 e. The summed E-state index contributed by atoms with van der Waals surface area (Å²) >= 11 is 0. The van der Waals surface area contributed by atoms with Crippen molar-refractivity contribution < 1.29 is 4.79 Å². The van der Waals surface area contributed by atoms with Crippen molar-refractivity contribution in [3.63, 3.8) is 0 Å². The number of carbonyl (C=O) groups is 1. The van der Waals surface area contributed by atoms with Crippen molar-refractivity contribution >= 4 is 17.2 Å². The standard InChI is InChI=1S/C19H19NO/c21-18-12-6-3-9-15(18)19-13-7-1-4-10-16(13)20-17-11-5-2-8-14(17)19/h1-2,4-5,7-8,10-11,15,19-20H,3,6,9,12H2. The summed E-state index contributed by atoms with van der Waals surface area (Å²) < 4.78 is 0. The van der Waals surface area contributed by atoms with Crippen LogP contribution in [0.3, 0.4) is 0 Å². The second-order valence-electron chi connectivity index (χ2n) is 6.10. The van der Waals surface area contributed by atoms with Crippen molar-refractivity contribution in [2.45, 2.75) is 31.6 Å². The van der Waals surface area contributed by atoms with Gasteiger partial charge in [-0.15, -0.1) is 0 Å². The molecule has 2 nitrogen and oxygen atoms in total. The number of Topliss-reactive ketones (excluding diaryl/α,β-unsaturated/α-hetero) is 1. The molecule has 0 aromatic heterocycles. The third-order valence-electron chi connectivity index (χ3n) is 4.87. The molecular weight excluding hydrogens is 258 g/mol. The first-order chi connectivity index (χ1) is 10.3. The first-order valence-corrected chi connectivity index (χ1v) is 7.82. The van der Waals surface area contributed by atoms with E-state index in [0.717, 1.165) is 30.6 Å². The molecule has 0 amide bonds. The SMILES string of the molecule is O=C1CCCCC1C1c2ccccc2Nc2ccccc21. The van der Waals surface area contributed by atoms with E-state index in [1.54, 1.807) is 0 Å². The molecule has 0 spiro atoms. The summed E-state index contributed by atoms with van der Waals surface area (Å²) in [5, 5.41) is 3.51. The lowest BCUT2D eigenvalue weighted by atomic mass is 9.71. The minimum absolute atomic E-state index is 0.142. The molecule has 2 heteroatoms. The zero-order valence-electron chi connectivity index (χ0n) is 12.0. The number of ketones is 1. The molecule has 2 aromatic carbocycles. The predicted molar refractivity (Wildman–Crippen MR) is 85.0 cm³/mol. The fraction of sp³-hybridized carbons (Fsp3) is 0.316. The monoisotopic (exact) mass is 277 g/mol. The number of carbonyl (C=O) groups excluding carboxylic acids is 1. The summed E-state index contributed by atoms with van der Waals surface area (Å²) in [5.74, 6) is 0.798. The Morgan fingerprint density at radius 3 is 2.10 bits per heavy atom. The smallest absolute Gasteiger partial charge is 0.136 e. The summed E-state index contributed by atoms with van der Waals surface area (Å²) in [6, 6.07) is 16.8. The zero-order chi connectivity index (χ0) is 14.2. The van der Waals surface area contributed by atoms with Gasteiger partial charge in [-0.05, 0) is 36.1 Å². The van der Waals surface area contributed by atoms with E-state index in [0.29, 0.717) is 5.78 Å². The number of nitrogens with one attached hydrogen (secondary N) is 1. The van der Waals surface area contributed by atoms with E-state index in [1.165, 1.54) is 17.5 Å². The van der Waals surface area contributed by atoms with Crippen LogP contribution in [0.5, 0.6) is 0 Å². The Hall–Kier alpha value is -2.09. The first kappa shape index (κ1) is 12.6. The topological polar surface area (TPSA) is 29.1 Å². The van der Waals surface area contributed by atoms with Crippen LogP contribution < -0.4 is 5.32 Å². The van der Waals surface area contributed by atoms with E-state index in [2.05, 4.69) is 53.8 Å². The maximum atomic E-state index is 12.5. The molecule has 1 unspecified atom stereocenters. The van der Waals surface area contributed by atoms with Gasteiger partial charge in [0.2, 0.25) is 0 Å². The highest BCUT2D eigenvalue weighted by Gasteiger charge is 2.36. The third-order valence-corrected chi connectivity index (χ3v) is 4.87. The number of para-hydroxylation sites is 2. The quantitative estimate of drug-likeness (QED) is 0.823. The summed E-state index contributed by atoms with van der Waals surface area (Å²) in [7, 11) is 0. The molecule has 0 bridgehead atoms. The van der Waals surface area contributed by atoms with E-state index in [1.807, 2.05) is 0 Å². The van der Waals surface area contributed by atoms with E-state index in [-0.39, 0.29) is 11.8 Å².